The van der Waals surface area contributed by atoms with Crippen LogP contribution in [-0.4, -0.2) is 18.8 Å². The first kappa shape index (κ1) is 17.1. The monoisotopic (exact) mass is 341 g/mol. The number of aryl methyl sites for hydroxylation is 2. The molecule has 5 heteroatoms. The van der Waals surface area contributed by atoms with Gasteiger partial charge in [-0.2, -0.15) is 0 Å². The molecule has 1 atom stereocenters. The van der Waals surface area contributed by atoms with E-state index >= 15 is 0 Å². The van der Waals surface area contributed by atoms with Crippen molar-refractivity contribution in [3.8, 4) is 17.2 Å². The maximum Gasteiger partial charge on any atom is 0.261 e. The average molecular weight is 341 g/mol. The largest absolute Gasteiger partial charge is 0.481 e. The summed E-state index contributed by atoms with van der Waals surface area (Å²) < 4.78 is 16.5. The van der Waals surface area contributed by atoms with Crippen molar-refractivity contribution in [1.82, 2.24) is 5.32 Å². The van der Waals surface area contributed by atoms with Crippen LogP contribution in [0.15, 0.2) is 36.4 Å². The maximum absolute atomic E-state index is 12.4. The molecule has 0 spiro atoms. The number of ether oxygens (including phenoxy) is 3. The summed E-state index contributed by atoms with van der Waals surface area (Å²) >= 11 is 0. The van der Waals surface area contributed by atoms with Crippen LogP contribution < -0.4 is 19.5 Å². The molecule has 0 aliphatic carbocycles. The van der Waals surface area contributed by atoms with Crippen LogP contribution in [0.2, 0.25) is 0 Å². The summed E-state index contributed by atoms with van der Waals surface area (Å²) in [5.41, 5.74) is 3.31. The summed E-state index contributed by atoms with van der Waals surface area (Å²) in [5.74, 6) is 2.04. The SMILES string of the molecule is CC[C@@H](Oc1ccc(C)c(C)c1)C(=O)NCc1ccc2c(c1)OCO2. The lowest BCUT2D eigenvalue weighted by molar-refractivity contribution is -0.128. The third-order valence-electron chi connectivity index (χ3n) is 4.32. The highest BCUT2D eigenvalue weighted by molar-refractivity contribution is 5.81. The number of hydrogen-bond donors (Lipinski definition) is 1. The van der Waals surface area contributed by atoms with Gasteiger partial charge in [-0.1, -0.05) is 19.1 Å². The van der Waals surface area contributed by atoms with Crippen LogP contribution in [0.3, 0.4) is 0 Å². The molecule has 0 bridgehead atoms. The van der Waals surface area contributed by atoms with E-state index in [9.17, 15) is 4.79 Å². The molecule has 0 saturated heterocycles. The van der Waals surface area contributed by atoms with Gasteiger partial charge in [0.25, 0.3) is 5.91 Å². The van der Waals surface area contributed by atoms with Crippen LogP contribution in [0.5, 0.6) is 17.2 Å². The minimum atomic E-state index is -0.517. The van der Waals surface area contributed by atoms with Gasteiger partial charge in [-0.05, 0) is 61.2 Å². The molecular formula is C20H23NO4. The topological polar surface area (TPSA) is 56.8 Å². The zero-order chi connectivity index (χ0) is 17.8. The fourth-order valence-corrected chi connectivity index (χ4v) is 2.63. The first-order valence-corrected chi connectivity index (χ1v) is 8.47. The quantitative estimate of drug-likeness (QED) is 0.874. The molecule has 1 aliphatic heterocycles. The molecule has 0 aromatic heterocycles. The minimum Gasteiger partial charge on any atom is -0.481 e. The Kier molecular flexibility index (Phi) is 5.12. The Morgan fingerprint density at radius 1 is 1.12 bits per heavy atom. The van der Waals surface area contributed by atoms with Gasteiger partial charge in [0.05, 0.1) is 0 Å². The van der Waals surface area contributed by atoms with Crippen LogP contribution in [0.4, 0.5) is 0 Å². The van der Waals surface area contributed by atoms with Crippen molar-refractivity contribution in [3.63, 3.8) is 0 Å². The van der Waals surface area contributed by atoms with Crippen molar-refractivity contribution in [2.24, 2.45) is 0 Å². The van der Waals surface area contributed by atoms with E-state index in [1.165, 1.54) is 5.56 Å². The van der Waals surface area contributed by atoms with Crippen molar-refractivity contribution in [1.29, 1.82) is 0 Å². The third kappa shape index (κ3) is 4.05. The lowest BCUT2D eigenvalue weighted by Crippen LogP contribution is -2.37. The van der Waals surface area contributed by atoms with E-state index in [0.717, 1.165) is 16.9 Å². The van der Waals surface area contributed by atoms with Gasteiger partial charge in [0, 0.05) is 6.54 Å². The van der Waals surface area contributed by atoms with E-state index in [4.69, 9.17) is 14.2 Å². The van der Waals surface area contributed by atoms with Crippen LogP contribution in [0, 0.1) is 13.8 Å². The molecule has 132 valence electrons. The Labute approximate surface area is 147 Å². The lowest BCUT2D eigenvalue weighted by atomic mass is 10.1. The summed E-state index contributed by atoms with van der Waals surface area (Å²) in [7, 11) is 0. The lowest BCUT2D eigenvalue weighted by Gasteiger charge is -2.18. The molecule has 1 heterocycles. The van der Waals surface area contributed by atoms with Gasteiger partial charge in [0.2, 0.25) is 6.79 Å². The van der Waals surface area contributed by atoms with E-state index in [0.29, 0.717) is 24.5 Å². The Bertz CT molecular complexity index is 772. The van der Waals surface area contributed by atoms with Crippen LogP contribution in [0.25, 0.3) is 0 Å². The van der Waals surface area contributed by atoms with Crippen molar-refractivity contribution >= 4 is 5.91 Å². The number of hydrogen-bond acceptors (Lipinski definition) is 4. The van der Waals surface area contributed by atoms with Crippen LogP contribution in [0.1, 0.15) is 30.0 Å². The smallest absolute Gasteiger partial charge is 0.261 e. The fourth-order valence-electron chi connectivity index (χ4n) is 2.63. The highest BCUT2D eigenvalue weighted by atomic mass is 16.7. The number of nitrogens with one attached hydrogen (secondary N) is 1. The van der Waals surface area contributed by atoms with Gasteiger partial charge in [-0.3, -0.25) is 4.79 Å². The molecule has 3 rings (SSSR count). The Morgan fingerprint density at radius 3 is 2.68 bits per heavy atom. The molecular weight excluding hydrogens is 318 g/mol. The van der Waals surface area contributed by atoms with E-state index in [2.05, 4.69) is 12.2 Å². The molecule has 1 N–H and O–H groups in total. The number of rotatable bonds is 6. The van der Waals surface area contributed by atoms with Gasteiger partial charge >= 0.3 is 0 Å². The molecule has 0 radical (unpaired) electrons. The molecule has 1 amide bonds. The van der Waals surface area contributed by atoms with E-state index < -0.39 is 6.10 Å². The summed E-state index contributed by atoms with van der Waals surface area (Å²) in [4.78, 5) is 12.4. The van der Waals surface area contributed by atoms with E-state index in [1.807, 2.05) is 50.2 Å². The average Bonchev–Trinajstić information content (AvgIpc) is 3.08. The second-order valence-corrected chi connectivity index (χ2v) is 6.17. The van der Waals surface area contributed by atoms with E-state index in [1.54, 1.807) is 0 Å². The van der Waals surface area contributed by atoms with Crippen molar-refractivity contribution in [2.45, 2.75) is 39.8 Å². The normalized spacial score (nSPS) is 13.4. The molecule has 0 unspecified atom stereocenters. The van der Waals surface area contributed by atoms with Gasteiger partial charge in [-0.25, -0.2) is 0 Å². The van der Waals surface area contributed by atoms with Crippen molar-refractivity contribution in [2.75, 3.05) is 6.79 Å². The maximum atomic E-state index is 12.4. The first-order chi connectivity index (χ1) is 12.1. The molecule has 0 fully saturated rings. The predicted octanol–water partition coefficient (Wildman–Crippen LogP) is 3.51. The fraction of sp³-hybridized carbons (Fsp3) is 0.350. The molecule has 25 heavy (non-hydrogen) atoms. The standard InChI is InChI=1S/C20H23NO4/c1-4-17(25-16-7-5-13(2)14(3)9-16)20(22)21-11-15-6-8-18-19(10-15)24-12-23-18/h5-10,17H,4,11-12H2,1-3H3,(H,21,22)/t17-/m1/s1. The molecule has 1 aliphatic rings. The number of fused-ring (bicyclic) bond motifs is 1. The highest BCUT2D eigenvalue weighted by Gasteiger charge is 2.19. The number of carbonyl (C=O) groups is 1. The predicted molar refractivity (Wildman–Crippen MR) is 95.0 cm³/mol. The zero-order valence-electron chi connectivity index (χ0n) is 14.8. The van der Waals surface area contributed by atoms with Gasteiger partial charge < -0.3 is 19.5 Å². The Balaban J connectivity index is 1.59. The third-order valence-corrected chi connectivity index (χ3v) is 4.32. The second-order valence-electron chi connectivity index (χ2n) is 6.17. The van der Waals surface area contributed by atoms with Crippen molar-refractivity contribution < 1.29 is 19.0 Å². The zero-order valence-corrected chi connectivity index (χ0v) is 14.8. The van der Waals surface area contributed by atoms with E-state index in [-0.39, 0.29) is 12.7 Å². The molecule has 5 nitrogen and oxygen atoms in total. The number of amides is 1. The Morgan fingerprint density at radius 2 is 1.92 bits per heavy atom. The van der Waals surface area contributed by atoms with Crippen LogP contribution >= 0.6 is 0 Å². The Hall–Kier alpha value is -2.69. The summed E-state index contributed by atoms with van der Waals surface area (Å²) in [6.45, 7) is 6.68. The molecule has 2 aromatic carbocycles. The molecule has 0 saturated carbocycles. The summed E-state index contributed by atoms with van der Waals surface area (Å²) in [5, 5.41) is 2.93. The highest BCUT2D eigenvalue weighted by Crippen LogP contribution is 2.32. The summed E-state index contributed by atoms with van der Waals surface area (Å²) in [6.07, 6.45) is 0.0796. The second kappa shape index (κ2) is 7.47. The van der Waals surface area contributed by atoms with Crippen molar-refractivity contribution in [3.05, 3.63) is 53.1 Å². The number of carbonyl (C=O) groups excluding carboxylic acids is 1. The summed E-state index contributed by atoms with van der Waals surface area (Å²) in [6, 6.07) is 11.5. The molecule has 2 aromatic rings. The van der Waals surface area contributed by atoms with Gasteiger partial charge in [0.15, 0.2) is 17.6 Å². The minimum absolute atomic E-state index is 0.126. The number of benzene rings is 2. The van der Waals surface area contributed by atoms with Crippen LogP contribution in [-0.2, 0) is 11.3 Å². The first-order valence-electron chi connectivity index (χ1n) is 8.47. The van der Waals surface area contributed by atoms with Gasteiger partial charge in [-0.15, -0.1) is 0 Å². The van der Waals surface area contributed by atoms with Gasteiger partial charge in [0.1, 0.15) is 5.75 Å².